The Labute approximate surface area is 189 Å². The van der Waals surface area contributed by atoms with Crippen molar-refractivity contribution >= 4 is 22.9 Å². The maximum atomic E-state index is 13.7. The minimum atomic E-state index is -0.295. The average molecular weight is 450 g/mol. The maximum Gasteiger partial charge on any atom is 0.274 e. The number of amides is 1. The SMILES string of the molecule is Cc1nc(C(=O)N2CCCC[C@H]2Cc2cn3c(C)cncc3n2)c(-c2ccc(F)cc2)s1. The zero-order chi connectivity index (χ0) is 22.2. The van der Waals surface area contributed by atoms with Crippen molar-refractivity contribution in [3.63, 3.8) is 0 Å². The van der Waals surface area contributed by atoms with Crippen molar-refractivity contribution in [3.05, 3.63) is 70.8 Å². The van der Waals surface area contributed by atoms with E-state index >= 15 is 0 Å². The van der Waals surface area contributed by atoms with E-state index in [1.807, 2.05) is 35.5 Å². The summed E-state index contributed by atoms with van der Waals surface area (Å²) in [6.45, 7) is 4.61. The van der Waals surface area contributed by atoms with Crippen molar-refractivity contribution in [1.29, 1.82) is 0 Å². The highest BCUT2D eigenvalue weighted by Gasteiger charge is 2.31. The van der Waals surface area contributed by atoms with Gasteiger partial charge in [-0.25, -0.2) is 14.4 Å². The number of nitrogens with zero attached hydrogens (tertiary/aromatic N) is 5. The minimum absolute atomic E-state index is 0.0556. The van der Waals surface area contributed by atoms with E-state index in [-0.39, 0.29) is 17.8 Å². The first-order valence-electron chi connectivity index (χ1n) is 10.8. The van der Waals surface area contributed by atoms with Crippen molar-refractivity contribution in [2.24, 2.45) is 0 Å². The third kappa shape index (κ3) is 3.90. The molecule has 1 aromatic carbocycles. The fourth-order valence-electron chi connectivity index (χ4n) is 4.42. The van der Waals surface area contributed by atoms with Gasteiger partial charge in [0, 0.05) is 37.1 Å². The molecule has 0 radical (unpaired) electrons. The molecule has 1 aliphatic heterocycles. The first-order chi connectivity index (χ1) is 15.5. The molecular formula is C24H24FN5OS. The molecule has 0 spiro atoms. The zero-order valence-electron chi connectivity index (χ0n) is 18.1. The number of carbonyl (C=O) groups is 1. The molecular weight excluding hydrogens is 425 g/mol. The van der Waals surface area contributed by atoms with Gasteiger partial charge < -0.3 is 9.30 Å². The van der Waals surface area contributed by atoms with Crippen LogP contribution in [0, 0.1) is 19.7 Å². The van der Waals surface area contributed by atoms with Crippen LogP contribution in [0.5, 0.6) is 0 Å². The van der Waals surface area contributed by atoms with Gasteiger partial charge in [0.05, 0.1) is 21.8 Å². The third-order valence-corrected chi connectivity index (χ3v) is 7.01. The Morgan fingerprint density at radius 3 is 2.75 bits per heavy atom. The van der Waals surface area contributed by atoms with Crippen LogP contribution in [0.15, 0.2) is 42.9 Å². The third-order valence-electron chi connectivity index (χ3n) is 5.99. The van der Waals surface area contributed by atoms with Crippen LogP contribution in [0.25, 0.3) is 16.1 Å². The molecule has 1 amide bonds. The molecule has 4 heterocycles. The Balaban J connectivity index is 1.44. The van der Waals surface area contributed by atoms with Gasteiger partial charge in [0.2, 0.25) is 0 Å². The number of likely N-dealkylation sites (tertiary alicyclic amines) is 1. The van der Waals surface area contributed by atoms with Crippen LogP contribution in [0.4, 0.5) is 4.39 Å². The average Bonchev–Trinajstić information content (AvgIpc) is 3.38. The molecule has 4 aromatic rings. The van der Waals surface area contributed by atoms with E-state index in [1.54, 1.807) is 18.3 Å². The van der Waals surface area contributed by atoms with Crippen LogP contribution < -0.4 is 0 Å². The molecule has 32 heavy (non-hydrogen) atoms. The first kappa shape index (κ1) is 20.8. The van der Waals surface area contributed by atoms with Crippen LogP contribution >= 0.6 is 11.3 Å². The lowest BCUT2D eigenvalue weighted by Crippen LogP contribution is -2.45. The monoisotopic (exact) mass is 449 g/mol. The number of hydrogen-bond donors (Lipinski definition) is 0. The standard InChI is InChI=1S/C24H24FN5OS/c1-15-12-26-13-21-28-19(14-30(15)21)11-20-5-3-4-10-29(20)24(31)22-23(32-16(2)27-22)17-6-8-18(25)9-7-17/h6-9,12-14,20H,3-5,10-11H2,1-2H3/t20-/m0/s1. The number of aromatic nitrogens is 4. The Morgan fingerprint density at radius 2 is 1.97 bits per heavy atom. The van der Waals surface area contributed by atoms with Crippen molar-refractivity contribution in [2.45, 2.75) is 45.6 Å². The Morgan fingerprint density at radius 1 is 1.16 bits per heavy atom. The highest BCUT2D eigenvalue weighted by Crippen LogP contribution is 2.33. The molecule has 0 bridgehead atoms. The van der Waals surface area contributed by atoms with Crippen molar-refractivity contribution in [3.8, 4) is 10.4 Å². The zero-order valence-corrected chi connectivity index (χ0v) is 18.9. The van der Waals surface area contributed by atoms with Crippen LogP contribution in [-0.2, 0) is 6.42 Å². The van der Waals surface area contributed by atoms with Gasteiger partial charge in [-0.2, -0.15) is 0 Å². The molecule has 1 aliphatic rings. The fourth-order valence-corrected chi connectivity index (χ4v) is 5.33. The number of hydrogen-bond acceptors (Lipinski definition) is 5. The van der Waals surface area contributed by atoms with E-state index < -0.39 is 0 Å². The second kappa shape index (κ2) is 8.43. The number of aryl methyl sites for hydroxylation is 2. The van der Waals surface area contributed by atoms with Crippen LogP contribution in [0.1, 0.15) is 46.1 Å². The van der Waals surface area contributed by atoms with Gasteiger partial charge in [-0.15, -0.1) is 11.3 Å². The van der Waals surface area contributed by atoms with Gasteiger partial charge in [-0.3, -0.25) is 9.78 Å². The van der Waals surface area contributed by atoms with Crippen LogP contribution in [0.3, 0.4) is 0 Å². The molecule has 1 fully saturated rings. The Bertz CT molecular complexity index is 1280. The Hall–Kier alpha value is -3.13. The summed E-state index contributed by atoms with van der Waals surface area (Å²) in [5, 5.41) is 0.824. The summed E-state index contributed by atoms with van der Waals surface area (Å²) in [5.74, 6) is -0.350. The van der Waals surface area contributed by atoms with E-state index in [0.29, 0.717) is 18.7 Å². The van der Waals surface area contributed by atoms with E-state index in [0.717, 1.165) is 51.7 Å². The van der Waals surface area contributed by atoms with Crippen molar-refractivity contribution in [1.82, 2.24) is 24.3 Å². The van der Waals surface area contributed by atoms with Gasteiger partial charge >= 0.3 is 0 Å². The number of rotatable bonds is 4. The second-order valence-corrected chi connectivity index (χ2v) is 9.48. The van der Waals surface area contributed by atoms with E-state index in [2.05, 4.69) is 9.97 Å². The first-order valence-corrected chi connectivity index (χ1v) is 11.6. The molecule has 164 valence electrons. The van der Waals surface area contributed by atoms with Crippen molar-refractivity contribution < 1.29 is 9.18 Å². The molecule has 0 saturated carbocycles. The smallest absolute Gasteiger partial charge is 0.274 e. The van der Waals surface area contributed by atoms with Gasteiger partial charge in [-0.05, 0) is 50.8 Å². The Kier molecular flexibility index (Phi) is 5.46. The highest BCUT2D eigenvalue weighted by molar-refractivity contribution is 7.15. The topological polar surface area (TPSA) is 63.4 Å². The summed E-state index contributed by atoms with van der Waals surface area (Å²) < 4.78 is 15.5. The predicted octanol–water partition coefficient (Wildman–Crippen LogP) is 4.85. The number of thiazole rings is 1. The van der Waals surface area contributed by atoms with Gasteiger partial charge in [0.25, 0.3) is 5.91 Å². The second-order valence-electron chi connectivity index (χ2n) is 8.28. The number of benzene rings is 1. The van der Waals surface area contributed by atoms with Crippen LogP contribution in [-0.4, -0.2) is 42.7 Å². The molecule has 1 atom stereocenters. The number of imidazole rings is 1. The number of halogens is 1. The summed E-state index contributed by atoms with van der Waals surface area (Å²) in [4.78, 5) is 29.9. The molecule has 5 rings (SSSR count). The molecule has 6 nitrogen and oxygen atoms in total. The molecule has 0 aliphatic carbocycles. The van der Waals surface area contributed by atoms with E-state index in [1.165, 1.54) is 23.5 Å². The quantitative estimate of drug-likeness (QED) is 0.447. The molecule has 3 aromatic heterocycles. The van der Waals surface area contributed by atoms with Gasteiger partial charge in [-0.1, -0.05) is 12.1 Å². The summed E-state index contributed by atoms with van der Waals surface area (Å²) in [6.07, 6.45) is 9.31. The summed E-state index contributed by atoms with van der Waals surface area (Å²) in [6, 6.07) is 6.32. The number of piperidine rings is 1. The van der Waals surface area contributed by atoms with Gasteiger partial charge in [0.1, 0.15) is 11.5 Å². The number of fused-ring (bicyclic) bond motifs is 1. The highest BCUT2D eigenvalue weighted by atomic mass is 32.1. The van der Waals surface area contributed by atoms with Gasteiger partial charge in [0.15, 0.2) is 5.65 Å². The fraction of sp³-hybridized carbons (Fsp3) is 0.333. The van der Waals surface area contributed by atoms with Crippen LogP contribution in [0.2, 0.25) is 0 Å². The predicted molar refractivity (Wildman–Crippen MR) is 122 cm³/mol. The summed E-state index contributed by atoms with van der Waals surface area (Å²) in [7, 11) is 0. The summed E-state index contributed by atoms with van der Waals surface area (Å²) in [5.41, 5.74) is 4.08. The molecule has 0 N–H and O–H groups in total. The van der Waals surface area contributed by atoms with Crippen molar-refractivity contribution in [2.75, 3.05) is 6.54 Å². The molecule has 8 heteroatoms. The molecule has 1 saturated heterocycles. The number of carbonyl (C=O) groups excluding carboxylic acids is 1. The lowest BCUT2D eigenvalue weighted by molar-refractivity contribution is 0.0608. The normalized spacial score (nSPS) is 16.6. The largest absolute Gasteiger partial charge is 0.334 e. The van der Waals surface area contributed by atoms with E-state index in [4.69, 9.17) is 4.98 Å². The minimum Gasteiger partial charge on any atom is -0.334 e. The maximum absolute atomic E-state index is 13.7. The summed E-state index contributed by atoms with van der Waals surface area (Å²) >= 11 is 1.47. The molecule has 0 unspecified atom stereocenters. The van der Waals surface area contributed by atoms with E-state index in [9.17, 15) is 9.18 Å². The lowest BCUT2D eigenvalue weighted by Gasteiger charge is -2.35. The lowest BCUT2D eigenvalue weighted by atomic mass is 9.97.